The fourth-order valence-corrected chi connectivity index (χ4v) is 4.29. The highest BCUT2D eigenvalue weighted by Gasteiger charge is 2.38. The number of nitrogens with two attached hydrogens (primary N) is 1. The van der Waals surface area contributed by atoms with Gasteiger partial charge in [-0.2, -0.15) is 0 Å². The predicted molar refractivity (Wildman–Crippen MR) is 104 cm³/mol. The fraction of sp³-hybridized carbons (Fsp3) is 0.571. The second-order valence-corrected chi connectivity index (χ2v) is 7.33. The molecule has 5 heteroatoms. The zero-order valence-electron chi connectivity index (χ0n) is 15.6. The van der Waals surface area contributed by atoms with Gasteiger partial charge in [-0.1, -0.05) is 30.9 Å². The lowest BCUT2D eigenvalue weighted by molar-refractivity contribution is -0.141. The Labute approximate surface area is 156 Å². The van der Waals surface area contributed by atoms with E-state index in [1.165, 1.54) is 5.56 Å². The van der Waals surface area contributed by atoms with E-state index in [-0.39, 0.29) is 0 Å². The number of likely N-dealkylation sites (tertiary alicyclic amines) is 2. The first-order valence-electron chi connectivity index (χ1n) is 9.76. The van der Waals surface area contributed by atoms with Gasteiger partial charge in [0, 0.05) is 44.2 Å². The molecule has 0 bridgehead atoms. The van der Waals surface area contributed by atoms with Crippen LogP contribution in [0.5, 0.6) is 5.75 Å². The van der Waals surface area contributed by atoms with Crippen molar-refractivity contribution >= 4 is 5.91 Å². The van der Waals surface area contributed by atoms with E-state index >= 15 is 0 Å². The van der Waals surface area contributed by atoms with Crippen LogP contribution in [0.25, 0.3) is 0 Å². The van der Waals surface area contributed by atoms with E-state index in [0.717, 1.165) is 51.2 Å². The highest BCUT2D eigenvalue weighted by Crippen LogP contribution is 2.32. The number of piperidine rings is 2. The maximum Gasteiger partial charge on any atom is 0.222 e. The van der Waals surface area contributed by atoms with Gasteiger partial charge in [0.05, 0.1) is 0 Å². The molecular formula is C21H31N3O2. The number of rotatable bonds is 8. The number of fused-ring (bicyclic) bond motifs is 1. The van der Waals surface area contributed by atoms with Gasteiger partial charge < -0.3 is 15.4 Å². The molecule has 0 saturated carbocycles. The molecular weight excluding hydrogens is 326 g/mol. The molecule has 1 aromatic rings. The van der Waals surface area contributed by atoms with Crippen molar-refractivity contribution in [3.8, 4) is 5.75 Å². The quantitative estimate of drug-likeness (QED) is 0.726. The maximum atomic E-state index is 12.3. The summed E-state index contributed by atoms with van der Waals surface area (Å²) < 4.78 is 5.80. The monoisotopic (exact) mass is 357 g/mol. The molecule has 2 atom stereocenters. The van der Waals surface area contributed by atoms with Crippen LogP contribution in [0, 0.1) is 5.92 Å². The number of amides is 1. The summed E-state index contributed by atoms with van der Waals surface area (Å²) in [5.41, 5.74) is 6.87. The topological polar surface area (TPSA) is 58.8 Å². The Hall–Kier alpha value is -1.85. The Morgan fingerprint density at radius 2 is 2.15 bits per heavy atom. The molecule has 2 N–H and O–H groups in total. The van der Waals surface area contributed by atoms with Gasteiger partial charge in [0.15, 0.2) is 0 Å². The van der Waals surface area contributed by atoms with Crippen LogP contribution < -0.4 is 10.5 Å². The molecule has 2 aliphatic rings. The third-order valence-corrected chi connectivity index (χ3v) is 5.55. The Morgan fingerprint density at radius 1 is 1.31 bits per heavy atom. The average Bonchev–Trinajstić information content (AvgIpc) is 2.66. The molecule has 2 heterocycles. The van der Waals surface area contributed by atoms with Gasteiger partial charge in [-0.25, -0.2) is 0 Å². The zero-order valence-corrected chi connectivity index (χ0v) is 15.6. The summed E-state index contributed by atoms with van der Waals surface area (Å²) in [6.07, 6.45) is 5.41. The number of nitrogens with zero attached hydrogens (tertiary/aromatic N) is 2. The molecule has 0 aromatic heterocycles. The first-order valence-corrected chi connectivity index (χ1v) is 9.76. The number of hydrogen-bond donors (Lipinski definition) is 1. The molecule has 5 nitrogen and oxygen atoms in total. The summed E-state index contributed by atoms with van der Waals surface area (Å²) in [6.45, 7) is 8.68. The third-order valence-electron chi connectivity index (χ3n) is 5.55. The van der Waals surface area contributed by atoms with E-state index in [9.17, 15) is 4.79 Å². The molecule has 2 saturated heterocycles. The first-order chi connectivity index (χ1) is 12.7. The summed E-state index contributed by atoms with van der Waals surface area (Å²) in [7, 11) is 0. The highest BCUT2D eigenvalue weighted by molar-refractivity contribution is 5.77. The van der Waals surface area contributed by atoms with E-state index in [4.69, 9.17) is 10.5 Å². The number of benzene rings is 1. The van der Waals surface area contributed by atoms with Gasteiger partial charge in [0.2, 0.25) is 5.91 Å². The molecule has 0 radical (unpaired) electrons. The van der Waals surface area contributed by atoms with Crippen LogP contribution in [-0.2, 0) is 11.3 Å². The number of ether oxygens (including phenoxy) is 1. The van der Waals surface area contributed by atoms with Crippen molar-refractivity contribution in [2.45, 2.75) is 38.3 Å². The van der Waals surface area contributed by atoms with Crippen molar-refractivity contribution in [2.75, 3.05) is 32.8 Å². The third kappa shape index (κ3) is 4.46. The molecule has 1 aromatic carbocycles. The Bertz CT molecular complexity index is 619. The molecule has 2 unspecified atom stereocenters. The molecule has 26 heavy (non-hydrogen) atoms. The molecule has 0 aliphatic carbocycles. The molecule has 3 rings (SSSR count). The zero-order chi connectivity index (χ0) is 18.4. The van der Waals surface area contributed by atoms with Crippen LogP contribution >= 0.6 is 0 Å². The first kappa shape index (κ1) is 18.9. The second-order valence-electron chi connectivity index (χ2n) is 7.33. The van der Waals surface area contributed by atoms with Crippen LogP contribution in [0.1, 0.15) is 31.2 Å². The van der Waals surface area contributed by atoms with E-state index in [2.05, 4.69) is 28.5 Å². The summed E-state index contributed by atoms with van der Waals surface area (Å²) >= 11 is 0. The van der Waals surface area contributed by atoms with Crippen LogP contribution in [0.15, 0.2) is 36.9 Å². The van der Waals surface area contributed by atoms with E-state index in [1.807, 2.05) is 12.1 Å². The summed E-state index contributed by atoms with van der Waals surface area (Å²) in [5.74, 6) is 1.83. The van der Waals surface area contributed by atoms with Crippen LogP contribution in [-0.4, -0.2) is 54.5 Å². The summed E-state index contributed by atoms with van der Waals surface area (Å²) in [6, 6.07) is 8.64. The lowest BCUT2D eigenvalue weighted by Crippen LogP contribution is -2.56. The number of carbonyl (C=O) groups excluding carboxylic acids is 1. The van der Waals surface area contributed by atoms with Crippen molar-refractivity contribution in [3.05, 3.63) is 42.5 Å². The number of hydrogen-bond acceptors (Lipinski definition) is 4. The SMILES string of the molecule is C=CCOc1ccccc1CN1CCC2C(CCC(=O)N2CCCN)C1. The smallest absolute Gasteiger partial charge is 0.222 e. The van der Waals surface area contributed by atoms with E-state index < -0.39 is 0 Å². The largest absolute Gasteiger partial charge is 0.489 e. The Morgan fingerprint density at radius 3 is 2.96 bits per heavy atom. The normalized spacial score (nSPS) is 23.6. The van der Waals surface area contributed by atoms with Gasteiger partial charge >= 0.3 is 0 Å². The molecule has 2 aliphatic heterocycles. The van der Waals surface area contributed by atoms with Crippen molar-refractivity contribution in [1.82, 2.24) is 9.80 Å². The molecule has 0 spiro atoms. The minimum absolute atomic E-state index is 0.316. The van der Waals surface area contributed by atoms with Gasteiger partial charge in [-0.05, 0) is 37.8 Å². The maximum absolute atomic E-state index is 12.3. The van der Waals surface area contributed by atoms with E-state index in [0.29, 0.717) is 37.4 Å². The average molecular weight is 357 g/mol. The van der Waals surface area contributed by atoms with Gasteiger partial charge in [-0.15, -0.1) is 0 Å². The van der Waals surface area contributed by atoms with Gasteiger partial charge in [-0.3, -0.25) is 9.69 Å². The molecule has 2 fully saturated rings. The highest BCUT2D eigenvalue weighted by atomic mass is 16.5. The second kappa shape index (κ2) is 9.19. The minimum Gasteiger partial charge on any atom is -0.489 e. The lowest BCUT2D eigenvalue weighted by Gasteiger charge is -2.47. The number of carbonyl (C=O) groups is 1. The molecule has 142 valence electrons. The Kier molecular flexibility index (Phi) is 6.69. The van der Waals surface area contributed by atoms with Crippen molar-refractivity contribution in [2.24, 2.45) is 11.7 Å². The van der Waals surface area contributed by atoms with E-state index in [1.54, 1.807) is 6.08 Å². The fourth-order valence-electron chi connectivity index (χ4n) is 4.29. The van der Waals surface area contributed by atoms with Crippen molar-refractivity contribution < 1.29 is 9.53 Å². The number of para-hydroxylation sites is 1. The Balaban J connectivity index is 1.62. The predicted octanol–water partition coefficient (Wildman–Crippen LogP) is 2.41. The molecule has 1 amide bonds. The standard InChI is InChI=1S/C21H31N3O2/c1-2-14-26-20-7-4-3-6-18(20)16-23-13-10-19-17(15-23)8-9-21(25)24(19)12-5-11-22/h2-4,6-7,17,19H,1,5,8-16,22H2. The van der Waals surface area contributed by atoms with Crippen LogP contribution in [0.2, 0.25) is 0 Å². The lowest BCUT2D eigenvalue weighted by atomic mass is 9.83. The van der Waals surface area contributed by atoms with Crippen molar-refractivity contribution in [3.63, 3.8) is 0 Å². The van der Waals surface area contributed by atoms with Gasteiger partial charge in [0.25, 0.3) is 0 Å². The van der Waals surface area contributed by atoms with Crippen molar-refractivity contribution in [1.29, 1.82) is 0 Å². The summed E-state index contributed by atoms with van der Waals surface area (Å²) in [4.78, 5) is 16.9. The minimum atomic E-state index is 0.316. The van der Waals surface area contributed by atoms with Gasteiger partial charge in [0.1, 0.15) is 12.4 Å². The van der Waals surface area contributed by atoms with Crippen LogP contribution in [0.4, 0.5) is 0 Å². The van der Waals surface area contributed by atoms with Crippen LogP contribution in [0.3, 0.4) is 0 Å². The summed E-state index contributed by atoms with van der Waals surface area (Å²) in [5, 5.41) is 0.